The zero-order chi connectivity index (χ0) is 20.3. The Morgan fingerprint density at radius 3 is 1.56 bits per heavy atom. The quantitative estimate of drug-likeness (QED) is 0.222. The van der Waals surface area contributed by atoms with Gasteiger partial charge in [0.2, 0.25) is 0 Å². The summed E-state index contributed by atoms with van der Waals surface area (Å²) in [5.41, 5.74) is 0. The van der Waals surface area contributed by atoms with E-state index in [2.05, 4.69) is 0 Å². The molecule has 0 bridgehead atoms. The Balaban J connectivity index is 5.37. The van der Waals surface area contributed by atoms with E-state index in [1.54, 1.807) is 0 Å². The van der Waals surface area contributed by atoms with Crippen LogP contribution in [0.15, 0.2) is 0 Å². The minimum atomic E-state index is -5.25. The monoisotopic (exact) mass is 446 g/mol. The lowest BCUT2D eigenvalue weighted by molar-refractivity contribution is -0.318. The topological polar surface area (TPSA) is 262 Å². The van der Waals surface area contributed by atoms with Crippen LogP contribution in [-0.4, -0.2) is 66.4 Å². The SMILES string of the molecule is CC(CN(CP(=O)([O-])[O-])CP([O-])(O)=[OH+])N(CP(=O)([O-])[O-])CP([O-])(O)=[OH+]. The fourth-order valence-electron chi connectivity index (χ4n) is 1.94. The van der Waals surface area contributed by atoms with E-state index in [0.717, 1.165) is 6.92 Å². The molecule has 152 valence electrons. The molecule has 0 aliphatic rings. The normalized spacial score (nSPS) is 19.6. The standard InChI is InChI=1S/C7H22N2O12P4/c1-7(9(5-24(16,17)18)6-25(19,20)21)2-8(3-22(10,11)12)4-23(13,14)15/h7H,2-6H2,1H3,(H2,10,11,12)(H2,13,14,15)(H2,16,17,18)(H2,19,20,21)/p-4. The molecule has 3 unspecified atom stereocenters. The second kappa shape index (κ2) is 9.14. The van der Waals surface area contributed by atoms with Gasteiger partial charge in [-0.3, -0.25) is 9.80 Å². The summed E-state index contributed by atoms with van der Waals surface area (Å²) in [6, 6.07) is -1.23. The molecule has 0 spiro atoms. The van der Waals surface area contributed by atoms with E-state index in [1.807, 2.05) is 0 Å². The molecule has 25 heavy (non-hydrogen) atoms. The van der Waals surface area contributed by atoms with Crippen molar-refractivity contribution >= 4 is 30.4 Å². The molecule has 4 N–H and O–H groups in total. The largest absolute Gasteiger partial charge is 0.810 e. The third-order valence-electron chi connectivity index (χ3n) is 2.62. The second-order valence-electron chi connectivity index (χ2n) is 5.41. The van der Waals surface area contributed by atoms with Crippen LogP contribution in [0.25, 0.3) is 0 Å². The highest BCUT2D eigenvalue weighted by molar-refractivity contribution is 7.51. The Labute approximate surface area is 143 Å². The second-order valence-corrected chi connectivity index (χ2v) is 11.6. The van der Waals surface area contributed by atoms with E-state index in [9.17, 15) is 38.5 Å². The summed E-state index contributed by atoms with van der Waals surface area (Å²) in [7, 11) is -20.1. The van der Waals surface area contributed by atoms with Crippen molar-refractivity contribution < 1.29 is 57.4 Å². The number of hydrogen-bond acceptors (Lipinski definition) is 10. The van der Waals surface area contributed by atoms with Crippen molar-refractivity contribution in [2.24, 2.45) is 0 Å². The zero-order valence-electron chi connectivity index (χ0n) is 12.9. The van der Waals surface area contributed by atoms with Gasteiger partial charge < -0.3 is 57.4 Å². The van der Waals surface area contributed by atoms with E-state index < -0.39 is 68.1 Å². The lowest BCUT2D eigenvalue weighted by atomic mass is 10.3. The molecule has 0 amide bonds. The van der Waals surface area contributed by atoms with Gasteiger partial charge in [0.15, 0.2) is 0 Å². The fraction of sp³-hybridized carbons (Fsp3) is 1.00. The van der Waals surface area contributed by atoms with E-state index >= 15 is 0 Å². The molecule has 0 saturated carbocycles. The molecular weight excluding hydrogens is 428 g/mol. The minimum Gasteiger partial charge on any atom is -0.810 e. The molecule has 18 heteroatoms. The van der Waals surface area contributed by atoms with Crippen LogP contribution < -0.4 is 29.4 Å². The Hall–Kier alpha value is 0.520. The van der Waals surface area contributed by atoms with Gasteiger partial charge in [0.25, 0.3) is 0 Å². The van der Waals surface area contributed by atoms with Gasteiger partial charge in [0.1, 0.15) is 12.6 Å². The van der Waals surface area contributed by atoms with Crippen LogP contribution >= 0.6 is 30.4 Å². The molecule has 0 aliphatic carbocycles. The summed E-state index contributed by atoms with van der Waals surface area (Å²) < 4.78 is 39.5. The lowest BCUT2D eigenvalue weighted by Crippen LogP contribution is -2.47. The Morgan fingerprint density at radius 1 is 0.840 bits per heavy atom. The van der Waals surface area contributed by atoms with E-state index in [0.29, 0.717) is 9.80 Å². The highest BCUT2D eigenvalue weighted by atomic mass is 31.2. The summed E-state index contributed by atoms with van der Waals surface area (Å²) in [5, 5.41) is 0. The maximum Gasteiger partial charge on any atom is 0.315 e. The first-order valence-corrected chi connectivity index (χ1v) is 13.4. The maximum absolute atomic E-state index is 11.1. The smallest absolute Gasteiger partial charge is 0.315 e. The fourth-order valence-corrected chi connectivity index (χ4v) is 5.37. The van der Waals surface area contributed by atoms with Crippen LogP contribution in [0.5, 0.6) is 0 Å². The third-order valence-corrected chi connectivity index (χ3v) is 5.58. The van der Waals surface area contributed by atoms with Crippen LogP contribution in [0, 0.1) is 0 Å². The van der Waals surface area contributed by atoms with Crippen LogP contribution in [0.3, 0.4) is 0 Å². The van der Waals surface area contributed by atoms with Crippen molar-refractivity contribution in [3.05, 3.63) is 0 Å². The van der Waals surface area contributed by atoms with Crippen LogP contribution in [0.4, 0.5) is 0 Å². The third kappa shape index (κ3) is 15.3. The summed E-state index contributed by atoms with van der Waals surface area (Å²) in [4.78, 5) is 84.3. The summed E-state index contributed by atoms with van der Waals surface area (Å²) in [6.07, 6.45) is -4.95. The predicted octanol–water partition coefficient (Wildman–Crippen LogP) is -5.39. The zero-order valence-corrected chi connectivity index (χ0v) is 16.4. The summed E-state index contributed by atoms with van der Waals surface area (Å²) >= 11 is 0. The molecule has 14 nitrogen and oxygen atoms in total. The Morgan fingerprint density at radius 2 is 1.24 bits per heavy atom. The van der Waals surface area contributed by atoms with Crippen LogP contribution in [-0.2, 0) is 9.13 Å². The number of rotatable bonds is 11. The highest BCUT2D eigenvalue weighted by Crippen LogP contribution is 2.36. The van der Waals surface area contributed by atoms with Crippen molar-refractivity contribution in [2.45, 2.75) is 13.0 Å². The van der Waals surface area contributed by atoms with E-state index in [4.69, 9.17) is 18.9 Å². The molecule has 3 atom stereocenters. The first-order valence-electron chi connectivity index (χ1n) is 6.35. The molecular formula is C7H18N2O12P4-4. The van der Waals surface area contributed by atoms with Gasteiger partial charge in [0.05, 0.1) is 0 Å². The lowest BCUT2D eigenvalue weighted by Gasteiger charge is -2.42. The van der Waals surface area contributed by atoms with Crippen molar-refractivity contribution in [1.29, 1.82) is 0 Å². The van der Waals surface area contributed by atoms with Crippen molar-refractivity contribution in [3.63, 3.8) is 0 Å². The minimum absolute atomic E-state index is 0.499. The Bertz CT molecular complexity index is 569. The molecule has 0 heterocycles. The predicted molar refractivity (Wildman–Crippen MR) is 74.8 cm³/mol. The van der Waals surface area contributed by atoms with Gasteiger partial charge in [-0.1, -0.05) is 15.2 Å². The van der Waals surface area contributed by atoms with Crippen LogP contribution in [0.2, 0.25) is 0 Å². The summed E-state index contributed by atoms with van der Waals surface area (Å²) in [5.74, 6) is 0. The van der Waals surface area contributed by atoms with Gasteiger partial charge in [0, 0.05) is 25.2 Å². The van der Waals surface area contributed by atoms with Crippen molar-refractivity contribution in [1.82, 2.24) is 9.80 Å². The molecule has 0 aromatic heterocycles. The molecule has 0 aromatic carbocycles. The summed E-state index contributed by atoms with van der Waals surface area (Å²) in [6.45, 7) is 0.484. The molecule has 0 aromatic rings. The van der Waals surface area contributed by atoms with Gasteiger partial charge in [-0.25, -0.2) is 0 Å². The molecule has 0 rings (SSSR count). The van der Waals surface area contributed by atoms with Gasteiger partial charge in [-0.05, 0) is 6.92 Å². The maximum atomic E-state index is 11.1. The van der Waals surface area contributed by atoms with Crippen molar-refractivity contribution in [2.75, 3.05) is 31.7 Å². The van der Waals surface area contributed by atoms with E-state index in [-0.39, 0.29) is 0 Å². The highest BCUT2D eigenvalue weighted by Gasteiger charge is 2.26. The van der Waals surface area contributed by atoms with E-state index in [1.165, 1.54) is 0 Å². The van der Waals surface area contributed by atoms with Gasteiger partial charge in [-0.15, -0.1) is 0 Å². The molecule has 0 fully saturated rings. The Kier molecular flexibility index (Phi) is 9.33. The molecule has 0 radical (unpaired) electrons. The van der Waals surface area contributed by atoms with Gasteiger partial charge >= 0.3 is 15.2 Å². The first kappa shape index (κ1) is 25.5. The first-order chi connectivity index (χ1) is 10.8. The average molecular weight is 446 g/mol. The molecule has 0 aliphatic heterocycles. The average Bonchev–Trinajstić information content (AvgIpc) is 2.18. The number of nitrogens with zero attached hydrogens (tertiary/aromatic N) is 2. The van der Waals surface area contributed by atoms with Gasteiger partial charge in [-0.2, -0.15) is 0 Å². The molecule has 0 saturated heterocycles. The van der Waals surface area contributed by atoms with Crippen molar-refractivity contribution in [3.8, 4) is 0 Å². The number of hydrogen-bond donors (Lipinski definition) is 2. The van der Waals surface area contributed by atoms with Crippen LogP contribution in [0.1, 0.15) is 6.92 Å².